The van der Waals surface area contributed by atoms with Crippen molar-refractivity contribution in [3.8, 4) is 0 Å². The summed E-state index contributed by atoms with van der Waals surface area (Å²) >= 11 is 0. The average molecular weight is 122 g/mol. The Bertz CT molecular complexity index is 30.9. The van der Waals surface area contributed by atoms with Crippen molar-refractivity contribution in [3.63, 3.8) is 0 Å². The van der Waals surface area contributed by atoms with Crippen molar-refractivity contribution in [2.75, 3.05) is 13.8 Å². The van der Waals surface area contributed by atoms with E-state index in [1.54, 1.807) is 7.11 Å². The molecule has 0 atom stereocenters. The molecule has 0 rings (SSSR count). The Morgan fingerprint density at radius 1 is 1.71 bits per heavy atom. The topological polar surface area (TPSA) is 9.23 Å². The third kappa shape index (κ3) is 6.11. The van der Waals surface area contributed by atoms with Crippen LogP contribution in [0.3, 0.4) is 0 Å². The average Bonchev–Trinajstić information content (AvgIpc) is 1.69. The van der Waals surface area contributed by atoms with Crippen molar-refractivity contribution < 1.29 is 8.82 Å². The van der Waals surface area contributed by atoms with Crippen LogP contribution in [0.25, 0.3) is 0 Å². The quantitative estimate of drug-likeness (QED) is 0.389. The molecular weight excluding hydrogens is 111 g/mol. The van der Waals surface area contributed by atoms with Gasteiger partial charge >= 0.3 is 0 Å². The first-order chi connectivity index (χ1) is 3.41. The van der Waals surface area contributed by atoms with Gasteiger partial charge in [0.15, 0.2) is 9.76 Å². The minimum atomic E-state index is -0.329. The standard InChI is InChI=1S/C4H11FOSi/c1-6-7-4-2-3-5/h2-4,7H2,1H3. The van der Waals surface area contributed by atoms with E-state index in [1.807, 2.05) is 0 Å². The maximum Gasteiger partial charge on any atom is 0.161 e. The van der Waals surface area contributed by atoms with Gasteiger partial charge in [-0.15, -0.1) is 0 Å². The maximum absolute atomic E-state index is 11.3. The van der Waals surface area contributed by atoms with E-state index in [0.717, 1.165) is 6.04 Å². The summed E-state index contributed by atoms with van der Waals surface area (Å²) < 4.78 is 16.1. The predicted octanol–water partition coefficient (Wildman–Crippen LogP) is 0.494. The minimum Gasteiger partial charge on any atom is -0.427 e. The third-order valence-electron chi connectivity index (χ3n) is 0.732. The second kappa shape index (κ2) is 6.11. The minimum absolute atomic E-state index is 0.184. The Labute approximate surface area is 45.8 Å². The van der Waals surface area contributed by atoms with Crippen molar-refractivity contribution in [1.29, 1.82) is 0 Å². The molecule has 0 amide bonds. The Morgan fingerprint density at radius 2 is 2.43 bits per heavy atom. The molecule has 44 valence electrons. The van der Waals surface area contributed by atoms with E-state index in [1.165, 1.54) is 0 Å². The van der Waals surface area contributed by atoms with Crippen molar-refractivity contribution >= 4 is 9.76 Å². The molecule has 1 nitrogen and oxygen atoms in total. The van der Waals surface area contributed by atoms with Gasteiger partial charge in [0.2, 0.25) is 0 Å². The van der Waals surface area contributed by atoms with E-state index in [-0.39, 0.29) is 16.4 Å². The highest BCUT2D eigenvalue weighted by Crippen LogP contribution is 1.87. The summed E-state index contributed by atoms with van der Waals surface area (Å²) in [5.41, 5.74) is 0. The lowest BCUT2D eigenvalue weighted by molar-refractivity contribution is 0.430. The van der Waals surface area contributed by atoms with Gasteiger partial charge in [0.1, 0.15) is 0 Å². The molecular formula is C4H11FOSi. The van der Waals surface area contributed by atoms with Gasteiger partial charge in [0.05, 0.1) is 6.67 Å². The molecule has 0 aliphatic carbocycles. The Morgan fingerprint density at radius 3 is 2.86 bits per heavy atom. The molecule has 0 aromatic heterocycles. The SMILES string of the molecule is CO[SiH2]CCCF. The van der Waals surface area contributed by atoms with Gasteiger partial charge in [-0.1, -0.05) is 0 Å². The van der Waals surface area contributed by atoms with Crippen molar-refractivity contribution in [3.05, 3.63) is 0 Å². The van der Waals surface area contributed by atoms with Crippen LogP contribution in [0.1, 0.15) is 6.42 Å². The summed E-state index contributed by atoms with van der Waals surface area (Å²) in [6, 6.07) is 0.979. The highest BCUT2D eigenvalue weighted by atomic mass is 28.2. The molecule has 0 unspecified atom stereocenters. The van der Waals surface area contributed by atoms with Gasteiger partial charge in [-0.2, -0.15) is 0 Å². The van der Waals surface area contributed by atoms with Gasteiger partial charge in [-0.25, -0.2) is 0 Å². The lowest BCUT2D eigenvalue weighted by Crippen LogP contribution is -1.91. The van der Waals surface area contributed by atoms with E-state index in [4.69, 9.17) is 4.43 Å². The van der Waals surface area contributed by atoms with Gasteiger partial charge in [0.25, 0.3) is 0 Å². The summed E-state index contributed by atoms with van der Waals surface area (Å²) in [6.07, 6.45) is 0.695. The maximum atomic E-state index is 11.3. The Kier molecular flexibility index (Phi) is 6.20. The summed E-state index contributed by atoms with van der Waals surface area (Å²) in [7, 11) is 1.36. The number of halogens is 1. The van der Waals surface area contributed by atoms with Gasteiger partial charge < -0.3 is 4.43 Å². The van der Waals surface area contributed by atoms with Crippen LogP contribution in [0.4, 0.5) is 4.39 Å². The fourth-order valence-corrected chi connectivity index (χ4v) is 1.02. The molecule has 0 saturated heterocycles. The second-order valence-electron chi connectivity index (χ2n) is 1.39. The van der Waals surface area contributed by atoms with Crippen LogP contribution >= 0.6 is 0 Å². The van der Waals surface area contributed by atoms with Crippen LogP contribution in [-0.4, -0.2) is 23.5 Å². The summed E-state index contributed by atoms with van der Waals surface area (Å²) in [5.74, 6) is 0. The molecule has 0 aromatic rings. The fourth-order valence-electron chi connectivity index (χ4n) is 0.341. The molecule has 0 spiro atoms. The van der Waals surface area contributed by atoms with Crippen molar-refractivity contribution in [2.24, 2.45) is 0 Å². The number of hydrogen-bond donors (Lipinski definition) is 0. The first-order valence-corrected chi connectivity index (χ1v) is 4.04. The van der Waals surface area contributed by atoms with Crippen molar-refractivity contribution in [1.82, 2.24) is 0 Å². The molecule has 7 heavy (non-hydrogen) atoms. The smallest absolute Gasteiger partial charge is 0.161 e. The van der Waals surface area contributed by atoms with Crippen LogP contribution in [0.5, 0.6) is 0 Å². The van der Waals surface area contributed by atoms with E-state index < -0.39 is 0 Å². The molecule has 0 saturated carbocycles. The van der Waals surface area contributed by atoms with Gasteiger partial charge in [0, 0.05) is 7.11 Å². The number of rotatable bonds is 4. The van der Waals surface area contributed by atoms with Gasteiger partial charge in [-0.3, -0.25) is 4.39 Å². The molecule has 0 aliphatic heterocycles. The molecule has 0 fully saturated rings. The Hall–Kier alpha value is 0.107. The highest BCUT2D eigenvalue weighted by Gasteiger charge is 1.83. The first kappa shape index (κ1) is 7.11. The van der Waals surface area contributed by atoms with E-state index >= 15 is 0 Å². The zero-order valence-corrected chi connectivity index (χ0v) is 6.03. The predicted molar refractivity (Wildman–Crippen MR) is 31.0 cm³/mol. The molecule has 0 aliphatic rings. The molecule has 0 bridgehead atoms. The summed E-state index contributed by atoms with van der Waals surface area (Å²) in [4.78, 5) is 0. The molecule has 0 heterocycles. The van der Waals surface area contributed by atoms with Crippen LogP contribution in [0.15, 0.2) is 0 Å². The normalized spacial score (nSPS) is 11.1. The molecule has 0 radical (unpaired) electrons. The molecule has 0 N–H and O–H groups in total. The van der Waals surface area contributed by atoms with E-state index in [9.17, 15) is 4.39 Å². The highest BCUT2D eigenvalue weighted by molar-refractivity contribution is 6.26. The monoisotopic (exact) mass is 122 g/mol. The zero-order chi connectivity index (χ0) is 5.54. The van der Waals surface area contributed by atoms with Crippen LogP contribution in [0, 0.1) is 0 Å². The van der Waals surface area contributed by atoms with E-state index in [2.05, 4.69) is 0 Å². The largest absolute Gasteiger partial charge is 0.427 e. The lowest BCUT2D eigenvalue weighted by atomic mass is 10.6. The zero-order valence-electron chi connectivity index (χ0n) is 4.61. The van der Waals surface area contributed by atoms with Crippen LogP contribution in [-0.2, 0) is 4.43 Å². The third-order valence-corrected chi connectivity index (χ3v) is 1.93. The van der Waals surface area contributed by atoms with Crippen LogP contribution < -0.4 is 0 Å². The number of alkyl halides is 1. The summed E-state index contributed by atoms with van der Waals surface area (Å²) in [6.45, 7) is -0.184. The summed E-state index contributed by atoms with van der Waals surface area (Å²) in [5, 5.41) is 0. The van der Waals surface area contributed by atoms with Crippen molar-refractivity contribution in [2.45, 2.75) is 12.5 Å². The first-order valence-electron chi connectivity index (χ1n) is 2.46. The second-order valence-corrected chi connectivity index (χ2v) is 3.08. The molecule has 0 aromatic carbocycles. The molecule has 3 heteroatoms. The van der Waals surface area contributed by atoms with E-state index in [0.29, 0.717) is 6.42 Å². The van der Waals surface area contributed by atoms with Gasteiger partial charge in [-0.05, 0) is 12.5 Å². The van der Waals surface area contributed by atoms with Crippen LogP contribution in [0.2, 0.25) is 6.04 Å². The Balaban J connectivity index is 2.45. The fraction of sp³-hybridized carbons (Fsp3) is 1.00. The lowest BCUT2D eigenvalue weighted by Gasteiger charge is -1.90. The number of hydrogen-bond acceptors (Lipinski definition) is 1.